The van der Waals surface area contributed by atoms with Gasteiger partial charge in [0.2, 0.25) is 0 Å². The lowest BCUT2D eigenvalue weighted by Crippen LogP contribution is -2.45. The fourth-order valence-corrected chi connectivity index (χ4v) is 2.59. The number of carboxylic acid groups (broad SMARTS) is 1. The zero-order valence-corrected chi connectivity index (χ0v) is 14.5. The van der Waals surface area contributed by atoms with E-state index in [-0.39, 0.29) is 5.92 Å². The Hall–Kier alpha value is -2.34. The third-order valence-corrected chi connectivity index (χ3v) is 4.31. The normalized spacial score (nSPS) is 13.3. The summed E-state index contributed by atoms with van der Waals surface area (Å²) in [4.78, 5) is 23.8. The molecule has 2 aromatic rings. The number of carbonyl (C=O) groups is 2. The van der Waals surface area contributed by atoms with Gasteiger partial charge in [0.15, 0.2) is 0 Å². The van der Waals surface area contributed by atoms with Crippen molar-refractivity contribution in [3.8, 4) is 5.69 Å². The van der Waals surface area contributed by atoms with Gasteiger partial charge < -0.3 is 10.4 Å². The Morgan fingerprint density at radius 3 is 2.71 bits per heavy atom. The van der Waals surface area contributed by atoms with E-state index >= 15 is 0 Å². The van der Waals surface area contributed by atoms with E-state index in [4.69, 9.17) is 11.6 Å². The second-order valence-corrected chi connectivity index (χ2v) is 6.15. The maximum atomic E-state index is 12.5. The highest BCUT2D eigenvalue weighted by Gasteiger charge is 2.27. The molecule has 0 aliphatic heterocycles. The van der Waals surface area contributed by atoms with Crippen LogP contribution in [0.25, 0.3) is 5.69 Å². The first-order valence-electron chi connectivity index (χ1n) is 7.69. The predicted octanol–water partition coefficient (Wildman–Crippen LogP) is 3.06. The zero-order chi connectivity index (χ0) is 17.9. The zero-order valence-electron chi connectivity index (χ0n) is 13.8. The molecule has 0 saturated heterocycles. The summed E-state index contributed by atoms with van der Waals surface area (Å²) in [6.45, 7) is 5.43. The van der Waals surface area contributed by atoms with E-state index in [0.29, 0.717) is 22.7 Å². The van der Waals surface area contributed by atoms with E-state index in [9.17, 15) is 14.7 Å². The predicted molar refractivity (Wildman–Crippen MR) is 91.7 cm³/mol. The van der Waals surface area contributed by atoms with E-state index in [1.807, 2.05) is 13.0 Å². The number of halogens is 1. The van der Waals surface area contributed by atoms with Gasteiger partial charge in [0, 0.05) is 5.02 Å². The Bertz CT molecular complexity index is 757. The van der Waals surface area contributed by atoms with Crippen LogP contribution in [0.2, 0.25) is 5.02 Å². The third kappa shape index (κ3) is 3.76. The van der Waals surface area contributed by atoms with Crippen molar-refractivity contribution in [2.45, 2.75) is 33.2 Å². The number of aromatic nitrogens is 2. The Morgan fingerprint density at radius 1 is 1.42 bits per heavy atom. The van der Waals surface area contributed by atoms with E-state index < -0.39 is 17.9 Å². The molecule has 0 bridgehead atoms. The van der Waals surface area contributed by atoms with Crippen molar-refractivity contribution >= 4 is 23.5 Å². The summed E-state index contributed by atoms with van der Waals surface area (Å²) in [5.74, 6) is -1.67. The maximum Gasteiger partial charge on any atom is 0.326 e. The Morgan fingerprint density at radius 2 is 2.12 bits per heavy atom. The number of nitrogens with zero attached hydrogens (tertiary/aromatic N) is 2. The van der Waals surface area contributed by atoms with Crippen LogP contribution in [0.4, 0.5) is 0 Å². The molecule has 0 aliphatic rings. The SMILES string of the molecule is CCC(C)C(NC(=O)c1cnn(-c2cccc(Cl)c2)c1C)C(=O)O. The standard InChI is InChI=1S/C17H20ClN3O3/c1-4-10(2)15(17(23)24)20-16(22)14-9-19-21(11(14)3)13-7-5-6-12(18)8-13/h5-10,15H,4H2,1-3H3,(H,20,22)(H,23,24). The number of aliphatic carboxylic acids is 1. The van der Waals surface area contributed by atoms with Crippen molar-refractivity contribution in [1.82, 2.24) is 15.1 Å². The number of rotatable bonds is 6. The van der Waals surface area contributed by atoms with Crippen LogP contribution in [0, 0.1) is 12.8 Å². The first kappa shape index (κ1) is 18.0. The largest absolute Gasteiger partial charge is 0.480 e. The van der Waals surface area contributed by atoms with Gasteiger partial charge in [0.05, 0.1) is 23.1 Å². The fourth-order valence-electron chi connectivity index (χ4n) is 2.40. The average molecular weight is 350 g/mol. The van der Waals surface area contributed by atoms with E-state index in [2.05, 4.69) is 10.4 Å². The maximum absolute atomic E-state index is 12.5. The number of benzene rings is 1. The molecular formula is C17H20ClN3O3. The van der Waals surface area contributed by atoms with Gasteiger partial charge in [-0.1, -0.05) is 37.9 Å². The fraction of sp³-hybridized carbons (Fsp3) is 0.353. The van der Waals surface area contributed by atoms with Gasteiger partial charge in [-0.05, 0) is 31.0 Å². The van der Waals surface area contributed by atoms with Crippen LogP contribution in [0.5, 0.6) is 0 Å². The first-order valence-corrected chi connectivity index (χ1v) is 8.07. The molecular weight excluding hydrogens is 330 g/mol. The van der Waals surface area contributed by atoms with Crippen LogP contribution >= 0.6 is 11.6 Å². The van der Waals surface area contributed by atoms with Crippen molar-refractivity contribution < 1.29 is 14.7 Å². The number of nitrogens with one attached hydrogen (secondary N) is 1. The van der Waals surface area contributed by atoms with Crippen molar-refractivity contribution in [3.05, 3.63) is 46.7 Å². The van der Waals surface area contributed by atoms with Gasteiger partial charge in [-0.15, -0.1) is 0 Å². The van der Waals surface area contributed by atoms with Gasteiger partial charge in [-0.3, -0.25) is 4.79 Å². The van der Waals surface area contributed by atoms with Crippen molar-refractivity contribution in [3.63, 3.8) is 0 Å². The van der Waals surface area contributed by atoms with Crippen LogP contribution < -0.4 is 5.32 Å². The Balaban J connectivity index is 2.27. The quantitative estimate of drug-likeness (QED) is 0.839. The minimum atomic E-state index is -1.04. The van der Waals surface area contributed by atoms with Crippen molar-refractivity contribution in [2.24, 2.45) is 5.92 Å². The Kier molecular flexibility index (Phi) is 5.62. The van der Waals surface area contributed by atoms with Crippen LogP contribution in [0.1, 0.15) is 36.3 Å². The second kappa shape index (κ2) is 7.49. The summed E-state index contributed by atoms with van der Waals surface area (Å²) in [7, 11) is 0. The molecule has 2 atom stereocenters. The molecule has 0 saturated carbocycles. The molecule has 1 heterocycles. The Labute approximate surface area is 145 Å². The van der Waals surface area contributed by atoms with Gasteiger partial charge in [0.25, 0.3) is 5.91 Å². The lowest BCUT2D eigenvalue weighted by molar-refractivity contribution is -0.140. The summed E-state index contributed by atoms with van der Waals surface area (Å²) in [5.41, 5.74) is 1.68. The molecule has 7 heteroatoms. The number of carbonyl (C=O) groups excluding carboxylic acids is 1. The third-order valence-electron chi connectivity index (χ3n) is 4.07. The van der Waals surface area contributed by atoms with Crippen molar-refractivity contribution in [1.29, 1.82) is 0 Å². The van der Waals surface area contributed by atoms with Gasteiger partial charge in [-0.2, -0.15) is 5.10 Å². The molecule has 1 amide bonds. The first-order chi connectivity index (χ1) is 11.3. The summed E-state index contributed by atoms with van der Waals surface area (Å²) in [5, 5.41) is 16.7. The lowest BCUT2D eigenvalue weighted by atomic mass is 9.99. The molecule has 1 aromatic carbocycles. The van der Waals surface area contributed by atoms with Gasteiger partial charge in [0.1, 0.15) is 6.04 Å². The molecule has 2 N–H and O–H groups in total. The van der Waals surface area contributed by atoms with E-state index in [1.54, 1.807) is 36.7 Å². The highest BCUT2D eigenvalue weighted by atomic mass is 35.5. The second-order valence-electron chi connectivity index (χ2n) is 5.71. The molecule has 128 valence electrons. The number of hydrogen-bond acceptors (Lipinski definition) is 3. The molecule has 1 aromatic heterocycles. The summed E-state index contributed by atoms with van der Waals surface area (Å²) < 4.78 is 1.60. The van der Waals surface area contributed by atoms with Crippen LogP contribution in [0.3, 0.4) is 0 Å². The van der Waals surface area contributed by atoms with Gasteiger partial charge in [-0.25, -0.2) is 9.48 Å². The monoisotopic (exact) mass is 349 g/mol. The highest BCUT2D eigenvalue weighted by Crippen LogP contribution is 2.18. The minimum Gasteiger partial charge on any atom is -0.480 e. The van der Waals surface area contributed by atoms with E-state index in [0.717, 1.165) is 5.69 Å². The molecule has 0 radical (unpaired) electrons. The highest BCUT2D eigenvalue weighted by molar-refractivity contribution is 6.30. The minimum absolute atomic E-state index is 0.172. The molecule has 6 nitrogen and oxygen atoms in total. The molecule has 0 aliphatic carbocycles. The smallest absolute Gasteiger partial charge is 0.326 e. The molecule has 0 spiro atoms. The molecule has 24 heavy (non-hydrogen) atoms. The molecule has 2 rings (SSSR count). The lowest BCUT2D eigenvalue weighted by Gasteiger charge is -2.20. The van der Waals surface area contributed by atoms with Crippen LogP contribution in [-0.2, 0) is 4.79 Å². The summed E-state index contributed by atoms with van der Waals surface area (Å²) in [6.07, 6.45) is 2.08. The van der Waals surface area contributed by atoms with Crippen molar-refractivity contribution in [2.75, 3.05) is 0 Å². The van der Waals surface area contributed by atoms with Crippen LogP contribution in [0.15, 0.2) is 30.5 Å². The van der Waals surface area contributed by atoms with E-state index in [1.165, 1.54) is 6.20 Å². The average Bonchev–Trinajstić information content (AvgIpc) is 2.93. The molecule has 2 unspecified atom stereocenters. The van der Waals surface area contributed by atoms with Gasteiger partial charge >= 0.3 is 5.97 Å². The number of amides is 1. The number of hydrogen-bond donors (Lipinski definition) is 2. The van der Waals surface area contributed by atoms with Crippen LogP contribution in [-0.4, -0.2) is 32.8 Å². The number of carboxylic acids is 1. The summed E-state index contributed by atoms with van der Waals surface area (Å²) in [6, 6.07) is 6.18. The topological polar surface area (TPSA) is 84.2 Å². The molecule has 0 fully saturated rings. The summed E-state index contributed by atoms with van der Waals surface area (Å²) >= 11 is 5.99.